The van der Waals surface area contributed by atoms with E-state index in [2.05, 4.69) is 20.3 Å². The largest absolute Gasteiger partial charge is 0.506 e. The summed E-state index contributed by atoms with van der Waals surface area (Å²) in [5.74, 6) is -1.24. The minimum absolute atomic E-state index is 0.0199. The highest BCUT2D eigenvalue weighted by atomic mass is 32.2. The Labute approximate surface area is 242 Å². The van der Waals surface area contributed by atoms with Crippen LogP contribution in [0.4, 0.5) is 19.0 Å². The molecule has 0 aliphatic carbocycles. The number of halogens is 3. The summed E-state index contributed by atoms with van der Waals surface area (Å²) < 4.78 is 67.0. The summed E-state index contributed by atoms with van der Waals surface area (Å²) in [6.45, 7) is 0.890. The molecule has 4 heterocycles. The molecule has 13 nitrogen and oxygen atoms in total. The van der Waals surface area contributed by atoms with Crippen LogP contribution in [0.1, 0.15) is 26.4 Å². The monoisotopic (exact) mass is 616 g/mol. The van der Waals surface area contributed by atoms with E-state index in [1.807, 2.05) is 0 Å². The molecule has 3 aromatic heterocycles. The van der Waals surface area contributed by atoms with Crippen molar-refractivity contribution in [2.24, 2.45) is 0 Å². The van der Waals surface area contributed by atoms with Gasteiger partial charge in [-0.1, -0.05) is 0 Å². The lowest BCUT2D eigenvalue weighted by atomic mass is 10.1. The van der Waals surface area contributed by atoms with E-state index in [0.29, 0.717) is 16.9 Å². The molecule has 4 aromatic rings. The number of pyridine rings is 1. The number of carbonyl (C=O) groups is 2. The number of rotatable bonds is 6. The minimum Gasteiger partial charge on any atom is -0.506 e. The Bertz CT molecular complexity index is 1790. The number of hydrogen-bond donors (Lipinski definition) is 2. The van der Waals surface area contributed by atoms with Crippen LogP contribution in [0.15, 0.2) is 61.2 Å². The van der Waals surface area contributed by atoms with Crippen LogP contribution in [0.5, 0.6) is 5.75 Å². The number of aromatic hydroxyl groups is 1. The first-order valence-electron chi connectivity index (χ1n) is 12.6. The number of piperazine rings is 1. The fraction of sp³-hybridized carbons (Fsp3) is 0.231. The lowest BCUT2D eigenvalue weighted by Crippen LogP contribution is -2.49. The van der Waals surface area contributed by atoms with Crippen molar-refractivity contribution in [3.63, 3.8) is 0 Å². The van der Waals surface area contributed by atoms with Gasteiger partial charge >= 0.3 is 6.18 Å². The smallest absolute Gasteiger partial charge is 0.416 e. The molecule has 43 heavy (non-hydrogen) atoms. The average Bonchev–Trinajstić information content (AvgIpc) is 3.46. The predicted octanol–water partition coefficient (Wildman–Crippen LogP) is 2.10. The number of hydrogen-bond acceptors (Lipinski definition) is 10. The van der Waals surface area contributed by atoms with Crippen molar-refractivity contribution in [3.8, 4) is 22.6 Å². The molecular formula is C26H23F3N8O5S. The number of alkyl halides is 3. The van der Waals surface area contributed by atoms with Crippen LogP contribution in [0, 0.1) is 0 Å². The Morgan fingerprint density at radius 1 is 0.953 bits per heavy atom. The van der Waals surface area contributed by atoms with Gasteiger partial charge in [0.25, 0.3) is 11.8 Å². The number of amides is 2. The molecule has 0 bridgehead atoms. The summed E-state index contributed by atoms with van der Waals surface area (Å²) in [5, 5.41) is 21.6. The van der Waals surface area contributed by atoms with E-state index in [4.69, 9.17) is 0 Å². The standard InChI is InChI=1S/C26H23F3N8O5S/c1-43(41,42)34-24(39)22-2-3-23(33-32-22)35-4-6-36(7-5-35)25(40)16-8-19(26(27,28)29)11-20(9-16)37-15-18(13-31-37)17-10-21(38)14-30-12-17/h2-3,8-15,38H,4-7H2,1H3,(H,34,39). The third kappa shape index (κ3) is 6.88. The minimum atomic E-state index is -4.72. The van der Waals surface area contributed by atoms with Crippen molar-refractivity contribution >= 4 is 27.7 Å². The van der Waals surface area contributed by atoms with Crippen molar-refractivity contribution in [1.29, 1.82) is 0 Å². The molecule has 224 valence electrons. The number of sulfonamides is 1. The van der Waals surface area contributed by atoms with Crippen molar-refractivity contribution in [2.45, 2.75) is 6.18 Å². The van der Waals surface area contributed by atoms with E-state index in [1.54, 1.807) is 9.62 Å². The van der Waals surface area contributed by atoms with Crippen molar-refractivity contribution in [1.82, 2.24) is 34.6 Å². The zero-order chi connectivity index (χ0) is 30.9. The van der Waals surface area contributed by atoms with Crippen LogP contribution in [-0.2, 0) is 16.2 Å². The number of anilines is 1. The number of carbonyl (C=O) groups excluding carboxylic acids is 2. The molecular weight excluding hydrogens is 593 g/mol. The summed E-state index contributed by atoms with van der Waals surface area (Å²) in [7, 11) is -3.77. The summed E-state index contributed by atoms with van der Waals surface area (Å²) in [6.07, 6.45) is 1.69. The van der Waals surface area contributed by atoms with Crippen LogP contribution in [0.3, 0.4) is 0 Å². The molecule has 0 atom stereocenters. The summed E-state index contributed by atoms with van der Waals surface area (Å²) in [6, 6.07) is 7.24. The van der Waals surface area contributed by atoms with E-state index in [1.165, 1.54) is 58.6 Å². The second kappa shape index (κ2) is 11.3. The lowest BCUT2D eigenvalue weighted by Gasteiger charge is -2.35. The molecule has 0 unspecified atom stereocenters. The van der Waals surface area contributed by atoms with Crippen LogP contribution < -0.4 is 9.62 Å². The molecule has 2 N–H and O–H groups in total. The number of benzene rings is 1. The van der Waals surface area contributed by atoms with Crippen molar-refractivity contribution in [3.05, 3.63) is 78.0 Å². The Kier molecular flexibility index (Phi) is 7.74. The first-order valence-corrected chi connectivity index (χ1v) is 14.5. The summed E-state index contributed by atoms with van der Waals surface area (Å²) >= 11 is 0. The van der Waals surface area contributed by atoms with Crippen molar-refractivity contribution in [2.75, 3.05) is 37.3 Å². The van der Waals surface area contributed by atoms with Gasteiger partial charge in [0.15, 0.2) is 11.5 Å². The molecule has 1 fully saturated rings. The SMILES string of the molecule is CS(=O)(=O)NC(=O)c1ccc(N2CCN(C(=O)c3cc(-n4cc(-c5cncc(O)c5)cn4)cc(C(F)(F)F)c3)CC2)nn1. The first kappa shape index (κ1) is 29.4. The molecule has 0 radical (unpaired) electrons. The second-order valence-electron chi connectivity index (χ2n) is 9.63. The third-order valence-corrected chi connectivity index (χ3v) is 7.00. The van der Waals surface area contributed by atoms with Crippen LogP contribution in [0.2, 0.25) is 0 Å². The zero-order valence-corrected chi connectivity index (χ0v) is 23.2. The van der Waals surface area contributed by atoms with Crippen LogP contribution >= 0.6 is 0 Å². The van der Waals surface area contributed by atoms with Gasteiger partial charge in [-0.15, -0.1) is 10.2 Å². The van der Waals surface area contributed by atoms with Crippen LogP contribution in [-0.4, -0.2) is 87.6 Å². The molecule has 1 aromatic carbocycles. The van der Waals surface area contributed by atoms with Gasteiger partial charge in [0, 0.05) is 55.3 Å². The first-order chi connectivity index (χ1) is 20.3. The second-order valence-corrected chi connectivity index (χ2v) is 11.4. The van der Waals surface area contributed by atoms with E-state index in [0.717, 1.165) is 18.4 Å². The van der Waals surface area contributed by atoms with E-state index in [-0.39, 0.29) is 48.9 Å². The number of nitrogens with zero attached hydrogens (tertiary/aromatic N) is 7. The highest BCUT2D eigenvalue weighted by molar-refractivity contribution is 7.89. The maximum absolute atomic E-state index is 13.8. The highest BCUT2D eigenvalue weighted by Crippen LogP contribution is 2.32. The topological polar surface area (TPSA) is 164 Å². The van der Waals surface area contributed by atoms with Gasteiger partial charge in [-0.25, -0.2) is 17.8 Å². The Balaban J connectivity index is 1.32. The molecule has 5 rings (SSSR count). The van der Waals surface area contributed by atoms with E-state index >= 15 is 0 Å². The van der Waals surface area contributed by atoms with Crippen molar-refractivity contribution < 1.29 is 36.3 Å². The molecule has 0 saturated carbocycles. The van der Waals surface area contributed by atoms with Crippen LogP contribution in [0.25, 0.3) is 16.8 Å². The molecule has 1 saturated heterocycles. The predicted molar refractivity (Wildman–Crippen MR) is 146 cm³/mol. The molecule has 1 aliphatic heterocycles. The summed E-state index contributed by atoms with van der Waals surface area (Å²) in [5.41, 5.74) is -0.368. The Hall–Kier alpha value is -5.06. The van der Waals surface area contributed by atoms with Gasteiger partial charge in [-0.3, -0.25) is 14.6 Å². The number of aromatic nitrogens is 5. The molecule has 2 amide bonds. The molecule has 17 heteroatoms. The fourth-order valence-corrected chi connectivity index (χ4v) is 4.83. The van der Waals surface area contributed by atoms with Gasteiger partial charge in [-0.2, -0.15) is 18.3 Å². The normalized spacial score (nSPS) is 14.0. The van der Waals surface area contributed by atoms with Gasteiger partial charge in [0.2, 0.25) is 10.0 Å². The number of nitrogens with one attached hydrogen (secondary N) is 1. The fourth-order valence-electron chi connectivity index (χ4n) is 4.39. The van der Waals surface area contributed by atoms with Gasteiger partial charge in [0.1, 0.15) is 5.75 Å². The van der Waals surface area contributed by atoms with E-state index < -0.39 is 33.6 Å². The molecule has 0 spiro atoms. The zero-order valence-electron chi connectivity index (χ0n) is 22.4. The highest BCUT2D eigenvalue weighted by Gasteiger charge is 2.33. The third-order valence-electron chi connectivity index (χ3n) is 6.45. The quantitative estimate of drug-likeness (QED) is 0.328. The summed E-state index contributed by atoms with van der Waals surface area (Å²) in [4.78, 5) is 32.4. The van der Waals surface area contributed by atoms with Gasteiger partial charge in [0.05, 0.1) is 29.9 Å². The maximum Gasteiger partial charge on any atom is 0.416 e. The van der Waals surface area contributed by atoms with Gasteiger partial charge in [-0.05, 0) is 36.4 Å². The average molecular weight is 617 g/mol. The van der Waals surface area contributed by atoms with Gasteiger partial charge < -0.3 is 14.9 Å². The lowest BCUT2D eigenvalue weighted by molar-refractivity contribution is -0.137. The maximum atomic E-state index is 13.8. The Morgan fingerprint density at radius 3 is 2.33 bits per heavy atom. The Morgan fingerprint density at radius 2 is 1.70 bits per heavy atom. The molecule has 1 aliphatic rings. The van der Waals surface area contributed by atoms with E-state index in [9.17, 15) is 36.3 Å².